The maximum Gasteiger partial charge on any atom is 0.335 e. The molecule has 5 nitrogen and oxygen atoms in total. The van der Waals surface area contributed by atoms with Gasteiger partial charge in [-0.2, -0.15) is 0 Å². The Balaban J connectivity index is 1.97. The summed E-state index contributed by atoms with van der Waals surface area (Å²) in [5.74, 6) is -0.993. The maximum atomic E-state index is 12.1. The van der Waals surface area contributed by atoms with Crippen molar-refractivity contribution in [1.82, 2.24) is 0 Å². The fourth-order valence-corrected chi connectivity index (χ4v) is 5.79. The lowest BCUT2D eigenvalue weighted by molar-refractivity contribution is -0.188. The third-order valence-electron chi connectivity index (χ3n) is 7.15. The van der Waals surface area contributed by atoms with Crippen molar-refractivity contribution in [2.24, 2.45) is 11.8 Å². The molecule has 6 heteroatoms. The van der Waals surface area contributed by atoms with Gasteiger partial charge in [0.05, 0.1) is 30.8 Å². The van der Waals surface area contributed by atoms with Crippen molar-refractivity contribution in [3.8, 4) is 0 Å². The quantitative estimate of drug-likeness (QED) is 0.354. The standard InChI is InChI=1S/C25H36O5Si/c1-8-19-23(28-16-18-12-10-9-11-13-18)22(30-31(6,7)24(3,4)5)17(2)15-25(19)20(26)14-21(27)29-25/h8-14,17,19,22-23,26H,1,15-16H2,2-7H3/t17-,19+,22-,23-,25-/m1/s1. The second-order valence-corrected chi connectivity index (χ2v) is 15.1. The average Bonchev–Trinajstić information content (AvgIpc) is 2.95. The van der Waals surface area contributed by atoms with Gasteiger partial charge in [-0.25, -0.2) is 4.79 Å². The number of hydrogen-bond acceptors (Lipinski definition) is 5. The Morgan fingerprint density at radius 2 is 1.90 bits per heavy atom. The van der Waals surface area contributed by atoms with Crippen molar-refractivity contribution >= 4 is 14.3 Å². The van der Waals surface area contributed by atoms with Crippen LogP contribution in [0, 0.1) is 11.8 Å². The third-order valence-corrected chi connectivity index (χ3v) is 11.6. The summed E-state index contributed by atoms with van der Waals surface area (Å²) in [6, 6.07) is 9.96. The Morgan fingerprint density at radius 3 is 2.42 bits per heavy atom. The van der Waals surface area contributed by atoms with Crippen LogP contribution in [-0.4, -0.2) is 37.2 Å². The van der Waals surface area contributed by atoms with Gasteiger partial charge in [-0.1, -0.05) is 64.1 Å². The molecule has 0 bridgehead atoms. The molecule has 1 aromatic rings. The number of hydrogen-bond donors (Lipinski definition) is 1. The first-order valence-corrected chi connectivity index (χ1v) is 13.9. The van der Waals surface area contributed by atoms with Crippen molar-refractivity contribution in [3.05, 3.63) is 60.4 Å². The minimum atomic E-state index is -2.11. The predicted molar refractivity (Wildman–Crippen MR) is 124 cm³/mol. The van der Waals surface area contributed by atoms with Crippen molar-refractivity contribution < 1.29 is 23.8 Å². The molecule has 0 aromatic heterocycles. The molecular formula is C25H36O5Si. The minimum Gasteiger partial charge on any atom is -0.508 e. The molecule has 1 aromatic carbocycles. The van der Waals surface area contributed by atoms with Crippen molar-refractivity contribution in [1.29, 1.82) is 0 Å². The number of ether oxygens (including phenoxy) is 2. The lowest BCUT2D eigenvalue weighted by Crippen LogP contribution is -2.61. The first-order chi connectivity index (χ1) is 14.4. The van der Waals surface area contributed by atoms with E-state index in [4.69, 9.17) is 13.9 Å². The third kappa shape index (κ3) is 4.52. The summed E-state index contributed by atoms with van der Waals surface area (Å²) < 4.78 is 19.1. The molecule has 0 radical (unpaired) electrons. The normalized spacial score (nSPS) is 31.4. The molecule has 5 atom stereocenters. The Labute approximate surface area is 187 Å². The number of aliphatic hydroxyl groups is 1. The van der Waals surface area contributed by atoms with Gasteiger partial charge in [0.15, 0.2) is 13.9 Å². The highest BCUT2D eigenvalue weighted by Gasteiger charge is 2.60. The van der Waals surface area contributed by atoms with Crippen LogP contribution in [-0.2, 0) is 25.3 Å². The predicted octanol–water partition coefficient (Wildman–Crippen LogP) is 5.54. The molecule has 1 aliphatic carbocycles. The molecule has 1 heterocycles. The SMILES string of the molecule is C=C[C@H]1[C@@H](OCc2ccccc2)[C@H](O[Si](C)(C)C(C)(C)C)[C@H](C)C[C@@]12OC(=O)C=C2O. The summed E-state index contributed by atoms with van der Waals surface area (Å²) in [4.78, 5) is 12.1. The highest BCUT2D eigenvalue weighted by molar-refractivity contribution is 6.74. The molecule has 1 spiro atoms. The maximum absolute atomic E-state index is 12.1. The molecule has 0 amide bonds. The molecule has 1 aliphatic heterocycles. The van der Waals surface area contributed by atoms with E-state index in [1.165, 1.54) is 6.08 Å². The molecule has 0 unspecified atom stereocenters. The molecule has 1 N–H and O–H groups in total. The number of benzene rings is 1. The smallest absolute Gasteiger partial charge is 0.335 e. The van der Waals surface area contributed by atoms with E-state index >= 15 is 0 Å². The minimum absolute atomic E-state index is 0.00699. The number of rotatable bonds is 6. The van der Waals surface area contributed by atoms with Crippen LogP contribution in [0.1, 0.15) is 39.7 Å². The molecule has 170 valence electrons. The van der Waals surface area contributed by atoms with Gasteiger partial charge >= 0.3 is 5.97 Å². The van der Waals surface area contributed by atoms with Crippen molar-refractivity contribution in [2.75, 3.05) is 0 Å². The Hall–Kier alpha value is -1.89. The van der Waals surface area contributed by atoms with E-state index in [0.29, 0.717) is 13.0 Å². The van der Waals surface area contributed by atoms with Crippen LogP contribution in [0.5, 0.6) is 0 Å². The van der Waals surface area contributed by atoms with Crippen LogP contribution < -0.4 is 0 Å². The molecule has 2 aliphatic rings. The molecule has 1 fully saturated rings. The van der Waals surface area contributed by atoms with Crippen LogP contribution in [0.3, 0.4) is 0 Å². The van der Waals surface area contributed by atoms with Gasteiger partial charge in [0.2, 0.25) is 0 Å². The highest BCUT2D eigenvalue weighted by atomic mass is 28.4. The van der Waals surface area contributed by atoms with Gasteiger partial charge in [-0.05, 0) is 29.6 Å². The summed E-state index contributed by atoms with van der Waals surface area (Å²) >= 11 is 0. The van der Waals surface area contributed by atoms with E-state index in [-0.39, 0.29) is 22.8 Å². The van der Waals surface area contributed by atoms with E-state index in [0.717, 1.165) is 5.56 Å². The fraction of sp³-hybridized carbons (Fsp3) is 0.560. The van der Waals surface area contributed by atoms with Gasteiger partial charge in [0, 0.05) is 6.42 Å². The van der Waals surface area contributed by atoms with Crippen LogP contribution in [0.25, 0.3) is 0 Å². The van der Waals surface area contributed by atoms with Crippen LogP contribution in [0.2, 0.25) is 18.1 Å². The van der Waals surface area contributed by atoms with E-state index in [1.807, 2.05) is 30.3 Å². The lowest BCUT2D eigenvalue weighted by Gasteiger charge is -2.52. The average molecular weight is 445 g/mol. The summed E-state index contributed by atoms with van der Waals surface area (Å²) in [6.07, 6.45) is 2.75. The van der Waals surface area contributed by atoms with E-state index in [1.54, 1.807) is 6.08 Å². The summed E-state index contributed by atoms with van der Waals surface area (Å²) in [6.45, 7) is 17.6. The molecule has 1 saturated carbocycles. The zero-order chi connectivity index (χ0) is 23.0. The van der Waals surface area contributed by atoms with Crippen molar-refractivity contribution in [2.45, 2.75) is 76.7 Å². The fourth-order valence-electron chi connectivity index (χ4n) is 4.39. The molecular weight excluding hydrogens is 408 g/mol. The Bertz CT molecular complexity index is 841. The van der Waals surface area contributed by atoms with Crippen LogP contribution in [0.4, 0.5) is 0 Å². The zero-order valence-corrected chi connectivity index (χ0v) is 20.6. The Kier molecular flexibility index (Phi) is 6.56. The van der Waals surface area contributed by atoms with Gasteiger partial charge in [0.1, 0.15) is 5.76 Å². The number of esters is 1. The topological polar surface area (TPSA) is 65.0 Å². The molecule has 0 saturated heterocycles. The van der Waals surface area contributed by atoms with Gasteiger partial charge < -0.3 is 19.0 Å². The van der Waals surface area contributed by atoms with Gasteiger partial charge in [0.25, 0.3) is 0 Å². The molecule has 3 rings (SSSR count). The first-order valence-electron chi connectivity index (χ1n) is 11.0. The largest absolute Gasteiger partial charge is 0.508 e. The van der Waals surface area contributed by atoms with Crippen LogP contribution >= 0.6 is 0 Å². The monoisotopic (exact) mass is 444 g/mol. The second-order valence-electron chi connectivity index (χ2n) is 10.4. The Morgan fingerprint density at radius 1 is 1.26 bits per heavy atom. The van der Waals surface area contributed by atoms with E-state index in [9.17, 15) is 9.90 Å². The number of carbonyl (C=O) groups is 1. The molecule has 31 heavy (non-hydrogen) atoms. The number of aliphatic hydroxyl groups excluding tert-OH is 1. The van der Waals surface area contributed by atoms with Gasteiger partial charge in [-0.3, -0.25) is 0 Å². The van der Waals surface area contributed by atoms with E-state index in [2.05, 4.69) is 47.4 Å². The lowest BCUT2D eigenvalue weighted by atomic mass is 9.67. The van der Waals surface area contributed by atoms with Gasteiger partial charge in [-0.15, -0.1) is 6.58 Å². The van der Waals surface area contributed by atoms with E-state index < -0.39 is 31.9 Å². The highest BCUT2D eigenvalue weighted by Crippen LogP contribution is 2.50. The second kappa shape index (κ2) is 8.56. The first kappa shape index (κ1) is 23.8. The summed E-state index contributed by atoms with van der Waals surface area (Å²) in [5.41, 5.74) is -0.0979. The number of carbonyl (C=O) groups excluding carboxylic acids is 1. The zero-order valence-electron chi connectivity index (χ0n) is 19.6. The van der Waals surface area contributed by atoms with Crippen LogP contribution in [0.15, 0.2) is 54.8 Å². The summed E-state index contributed by atoms with van der Waals surface area (Å²) in [7, 11) is -2.11. The van der Waals surface area contributed by atoms with Crippen molar-refractivity contribution in [3.63, 3.8) is 0 Å². The summed E-state index contributed by atoms with van der Waals surface area (Å²) in [5, 5.41) is 10.8.